The van der Waals surface area contributed by atoms with Gasteiger partial charge in [0.05, 0.1) is 6.61 Å². The summed E-state index contributed by atoms with van der Waals surface area (Å²) in [5.41, 5.74) is 0. The first-order valence-electron chi connectivity index (χ1n) is 4.35. The molecule has 0 aliphatic carbocycles. The molecule has 0 bridgehead atoms. The van der Waals surface area contributed by atoms with Crippen molar-refractivity contribution in [3.63, 3.8) is 0 Å². The summed E-state index contributed by atoms with van der Waals surface area (Å²) in [5, 5.41) is -0.481. The molecule has 74 valence electrons. The third-order valence-electron chi connectivity index (χ3n) is 2.01. The van der Waals surface area contributed by atoms with Gasteiger partial charge < -0.3 is 9.47 Å². The van der Waals surface area contributed by atoms with Gasteiger partial charge >= 0.3 is 0 Å². The fourth-order valence-electron chi connectivity index (χ4n) is 1.31. The van der Waals surface area contributed by atoms with E-state index in [4.69, 9.17) is 21.1 Å². The Kier molecular flexibility index (Phi) is 2.59. The molecule has 3 nitrogen and oxygen atoms in total. The maximum atomic E-state index is 10.9. The highest BCUT2D eigenvalue weighted by atomic mass is 35.5. The summed E-state index contributed by atoms with van der Waals surface area (Å²) >= 11 is 5.38. The van der Waals surface area contributed by atoms with Crippen LogP contribution < -0.4 is 9.47 Å². The fraction of sp³-hybridized carbons (Fsp3) is 0.300. The smallest absolute Gasteiger partial charge is 0.262 e. The van der Waals surface area contributed by atoms with Gasteiger partial charge in [0.1, 0.15) is 0 Å². The predicted molar refractivity (Wildman–Crippen MR) is 51.8 cm³/mol. The van der Waals surface area contributed by atoms with E-state index < -0.39 is 11.3 Å². The molecule has 14 heavy (non-hydrogen) atoms. The summed E-state index contributed by atoms with van der Waals surface area (Å²) in [5.74, 6) is 1.23. The molecule has 0 aromatic heterocycles. The number of hydrogen-bond acceptors (Lipinski definition) is 3. The Hall–Kier alpha value is -1.22. The molecule has 0 amide bonds. The molecular weight excluding hydrogens is 204 g/mol. The highest BCUT2D eigenvalue weighted by Crippen LogP contribution is 2.30. The Bertz CT molecular complexity index is 351. The van der Waals surface area contributed by atoms with Crippen LogP contribution in [0.25, 0.3) is 0 Å². The van der Waals surface area contributed by atoms with Gasteiger partial charge in [-0.25, -0.2) is 0 Å². The van der Waals surface area contributed by atoms with Gasteiger partial charge in [0.2, 0.25) is 0 Å². The average molecular weight is 213 g/mol. The Balaban J connectivity index is 2.26. The van der Waals surface area contributed by atoms with Crippen molar-refractivity contribution in [3.8, 4) is 11.5 Å². The van der Waals surface area contributed by atoms with Gasteiger partial charge in [0.25, 0.3) is 5.24 Å². The van der Waals surface area contributed by atoms with Gasteiger partial charge in [-0.2, -0.15) is 0 Å². The number of rotatable bonds is 1. The summed E-state index contributed by atoms with van der Waals surface area (Å²) in [6.07, 6.45) is -0.114. The van der Waals surface area contributed by atoms with E-state index in [-0.39, 0.29) is 0 Å². The van der Waals surface area contributed by atoms with Gasteiger partial charge in [-0.05, 0) is 23.7 Å². The first-order chi connectivity index (χ1) is 6.77. The Morgan fingerprint density at radius 1 is 1.36 bits per heavy atom. The summed E-state index contributed by atoms with van der Waals surface area (Å²) in [7, 11) is 0. The number of hydrogen-bond donors (Lipinski definition) is 0. The van der Waals surface area contributed by atoms with E-state index in [1.807, 2.05) is 12.1 Å². The van der Waals surface area contributed by atoms with E-state index in [2.05, 4.69) is 0 Å². The molecule has 0 fully saturated rings. The zero-order chi connectivity index (χ0) is 9.97. The molecule has 1 aliphatic rings. The summed E-state index contributed by atoms with van der Waals surface area (Å²) < 4.78 is 10.8. The van der Waals surface area contributed by atoms with Crippen molar-refractivity contribution < 1.29 is 14.3 Å². The molecule has 1 heterocycles. The number of para-hydroxylation sites is 2. The Labute approximate surface area is 86.6 Å². The van der Waals surface area contributed by atoms with E-state index in [0.29, 0.717) is 24.5 Å². The number of carbonyl (C=O) groups excluding carboxylic acids is 1. The lowest BCUT2D eigenvalue weighted by Gasteiger charge is -2.10. The van der Waals surface area contributed by atoms with Crippen molar-refractivity contribution in [3.05, 3.63) is 24.3 Å². The molecule has 0 unspecified atom stereocenters. The van der Waals surface area contributed by atoms with Gasteiger partial charge in [-0.3, -0.25) is 4.79 Å². The summed E-state index contributed by atoms with van der Waals surface area (Å²) in [4.78, 5) is 10.9. The molecule has 0 spiro atoms. The minimum Gasteiger partial charge on any atom is -0.490 e. The van der Waals surface area contributed by atoms with Gasteiger partial charge in [-0.1, -0.05) is 12.1 Å². The molecule has 0 saturated carbocycles. The third-order valence-corrected chi connectivity index (χ3v) is 2.25. The van der Waals surface area contributed by atoms with Crippen molar-refractivity contribution in [1.82, 2.24) is 0 Å². The van der Waals surface area contributed by atoms with Crippen LogP contribution in [0.3, 0.4) is 0 Å². The molecule has 4 heteroatoms. The molecule has 0 radical (unpaired) electrons. The van der Waals surface area contributed by atoms with E-state index >= 15 is 0 Å². The zero-order valence-electron chi connectivity index (χ0n) is 7.40. The van der Waals surface area contributed by atoms with Crippen molar-refractivity contribution in [2.45, 2.75) is 12.5 Å². The van der Waals surface area contributed by atoms with Gasteiger partial charge in [0.15, 0.2) is 17.6 Å². The lowest BCUT2D eigenvalue weighted by molar-refractivity contribution is -0.118. The molecule has 0 N–H and O–H groups in total. The van der Waals surface area contributed by atoms with Crippen molar-refractivity contribution >= 4 is 16.8 Å². The molecule has 1 aromatic rings. The van der Waals surface area contributed by atoms with Crippen molar-refractivity contribution in [1.29, 1.82) is 0 Å². The third kappa shape index (κ3) is 1.82. The summed E-state index contributed by atoms with van der Waals surface area (Å²) in [6.45, 7) is 0.445. The zero-order valence-corrected chi connectivity index (χ0v) is 8.16. The highest BCUT2D eigenvalue weighted by Gasteiger charge is 2.23. The molecule has 1 aromatic carbocycles. The number of carbonyl (C=O) groups is 1. The topological polar surface area (TPSA) is 35.5 Å². The Morgan fingerprint density at radius 3 is 2.79 bits per heavy atom. The SMILES string of the molecule is O=C(Cl)[C@H]1CCOc2ccccc2O1. The largest absolute Gasteiger partial charge is 0.490 e. The molecular formula is C10H9ClO3. The van der Waals surface area contributed by atoms with E-state index in [1.54, 1.807) is 12.1 Å². The maximum Gasteiger partial charge on any atom is 0.262 e. The van der Waals surface area contributed by atoms with Gasteiger partial charge in [-0.15, -0.1) is 0 Å². The first-order valence-corrected chi connectivity index (χ1v) is 4.73. The fourth-order valence-corrected chi connectivity index (χ4v) is 1.47. The normalized spacial score (nSPS) is 19.9. The first kappa shape index (κ1) is 9.34. The van der Waals surface area contributed by atoms with Crippen LogP contribution in [0.15, 0.2) is 24.3 Å². The summed E-state index contributed by atoms with van der Waals surface area (Å²) in [6, 6.07) is 7.23. The monoisotopic (exact) mass is 212 g/mol. The lowest BCUT2D eigenvalue weighted by atomic mass is 10.3. The standard InChI is InChI=1S/C10H9ClO3/c11-10(12)9-5-6-13-7-3-1-2-4-8(7)14-9/h1-4,9H,5-6H2/t9-/m1/s1. The van der Waals surface area contributed by atoms with E-state index in [0.717, 1.165) is 0 Å². The molecule has 2 rings (SSSR count). The van der Waals surface area contributed by atoms with Crippen LogP contribution in [0, 0.1) is 0 Å². The number of fused-ring (bicyclic) bond motifs is 1. The van der Waals surface area contributed by atoms with Crippen LogP contribution in [0.4, 0.5) is 0 Å². The van der Waals surface area contributed by atoms with Gasteiger partial charge in [0, 0.05) is 6.42 Å². The molecule has 1 atom stereocenters. The van der Waals surface area contributed by atoms with Crippen LogP contribution in [0.1, 0.15) is 6.42 Å². The van der Waals surface area contributed by atoms with Crippen LogP contribution in [-0.2, 0) is 4.79 Å². The van der Waals surface area contributed by atoms with Crippen molar-refractivity contribution in [2.75, 3.05) is 6.61 Å². The van der Waals surface area contributed by atoms with E-state index in [1.165, 1.54) is 0 Å². The van der Waals surface area contributed by atoms with Crippen LogP contribution >= 0.6 is 11.6 Å². The predicted octanol–water partition coefficient (Wildman–Crippen LogP) is 1.98. The quantitative estimate of drug-likeness (QED) is 0.668. The molecule has 1 aliphatic heterocycles. The second kappa shape index (κ2) is 3.88. The minimum atomic E-state index is -0.597. The number of halogens is 1. The Morgan fingerprint density at radius 2 is 2.07 bits per heavy atom. The number of ether oxygens (including phenoxy) is 2. The lowest BCUT2D eigenvalue weighted by Crippen LogP contribution is -2.23. The van der Waals surface area contributed by atoms with Crippen LogP contribution in [0.5, 0.6) is 11.5 Å². The average Bonchev–Trinajstić information content (AvgIpc) is 2.39. The number of benzene rings is 1. The minimum absolute atomic E-state index is 0.445. The van der Waals surface area contributed by atoms with Crippen LogP contribution in [0.2, 0.25) is 0 Å². The maximum absolute atomic E-state index is 10.9. The van der Waals surface area contributed by atoms with E-state index in [9.17, 15) is 4.79 Å². The molecule has 0 saturated heterocycles. The second-order valence-corrected chi connectivity index (χ2v) is 3.37. The second-order valence-electron chi connectivity index (χ2n) is 2.99. The highest BCUT2D eigenvalue weighted by molar-refractivity contribution is 6.64. The van der Waals surface area contributed by atoms with Crippen molar-refractivity contribution in [2.24, 2.45) is 0 Å². The van der Waals surface area contributed by atoms with Crippen LogP contribution in [-0.4, -0.2) is 18.0 Å².